The van der Waals surface area contributed by atoms with Crippen LogP contribution in [0.15, 0.2) is 66.7 Å². The number of unbranched alkanes of at least 4 members (excludes halogenated alkanes) is 1. The third-order valence-corrected chi connectivity index (χ3v) is 11.7. The van der Waals surface area contributed by atoms with Crippen molar-refractivity contribution in [3.05, 3.63) is 77.9 Å². The summed E-state index contributed by atoms with van der Waals surface area (Å²) in [5.41, 5.74) is 2.98. The minimum atomic E-state index is -1.80. The quantitative estimate of drug-likeness (QED) is 0.199. The molecular weight excluding hydrogens is 699 g/mol. The first kappa shape index (κ1) is 33.8. The molecule has 0 spiro atoms. The predicted octanol–water partition coefficient (Wildman–Crippen LogP) is 2.35. The average molecular weight is 746 g/mol. The van der Waals surface area contributed by atoms with Gasteiger partial charge in [-0.1, -0.05) is 12.1 Å². The zero-order valence-corrected chi connectivity index (χ0v) is 29.6. The maximum absolute atomic E-state index is 14.2. The van der Waals surface area contributed by atoms with Crippen LogP contribution in [-0.2, 0) is 14.0 Å². The molecule has 1 amide bonds. The van der Waals surface area contributed by atoms with Crippen molar-refractivity contribution >= 4 is 17.6 Å². The molecule has 250 valence electrons. The number of para-hydroxylation sites is 2. The third-order valence-electron chi connectivity index (χ3n) is 8.49. The van der Waals surface area contributed by atoms with Gasteiger partial charge < -0.3 is 14.2 Å². The van der Waals surface area contributed by atoms with E-state index in [4.69, 9.17) is 18.9 Å². The second-order valence-electron chi connectivity index (χ2n) is 12.7. The number of halogens is 1. The zero-order valence-electron chi connectivity index (χ0n) is 27.4. The van der Waals surface area contributed by atoms with Crippen LogP contribution in [0, 0.1) is 5.92 Å². The van der Waals surface area contributed by atoms with Crippen molar-refractivity contribution in [1.82, 2.24) is 4.90 Å². The molecule has 3 aromatic rings. The second-order valence-corrected chi connectivity index (χ2v) is 24.5. The number of benzene rings is 3. The monoisotopic (exact) mass is 745 g/mol. The van der Waals surface area contributed by atoms with Gasteiger partial charge in [0.25, 0.3) is 0 Å². The van der Waals surface area contributed by atoms with E-state index in [9.17, 15) is 14.7 Å². The van der Waals surface area contributed by atoms with Crippen LogP contribution in [0.4, 0.5) is 5.69 Å². The molecule has 1 fully saturated rings. The van der Waals surface area contributed by atoms with Crippen molar-refractivity contribution < 1.29 is 52.1 Å². The fourth-order valence-electron chi connectivity index (χ4n) is 6.34. The molecule has 2 aliphatic heterocycles. The molecule has 2 heterocycles. The molecule has 2 aliphatic rings. The van der Waals surface area contributed by atoms with E-state index in [2.05, 4.69) is 33.8 Å². The summed E-state index contributed by atoms with van der Waals surface area (Å²) in [7, 11) is 1.57. The van der Waals surface area contributed by atoms with E-state index in [-0.39, 0.29) is 25.9 Å². The number of carboxylic acid groups (broad SMARTS) is 1. The zero-order chi connectivity index (χ0) is 32.8. The van der Waals surface area contributed by atoms with E-state index >= 15 is 0 Å². The van der Waals surface area contributed by atoms with Gasteiger partial charge >= 0.3 is 202 Å². The first-order chi connectivity index (χ1) is 22.1. The van der Waals surface area contributed by atoms with Crippen molar-refractivity contribution in [2.45, 2.75) is 36.2 Å². The van der Waals surface area contributed by atoms with Crippen molar-refractivity contribution in [3.8, 4) is 23.0 Å². The number of rotatable bonds is 14. The number of carbonyl (C=O) groups is 2. The number of likely N-dealkylation sites (tertiary alicyclic amines) is 1. The number of methoxy groups -OCH3 is 1. The predicted molar refractivity (Wildman–Crippen MR) is 175 cm³/mol. The Labute approximate surface area is 276 Å². The number of amides is 1. The van der Waals surface area contributed by atoms with Crippen molar-refractivity contribution in [2.24, 2.45) is 5.92 Å². The van der Waals surface area contributed by atoms with Crippen LogP contribution in [-0.4, -0.2) is 82.9 Å². The van der Waals surface area contributed by atoms with E-state index in [0.717, 1.165) is 28.5 Å². The summed E-state index contributed by atoms with van der Waals surface area (Å²) >= 11 is -1.80. The summed E-state index contributed by atoms with van der Waals surface area (Å²) in [4.78, 5) is 38.3. The van der Waals surface area contributed by atoms with Gasteiger partial charge in [-0.2, -0.15) is 0 Å². The Morgan fingerprint density at radius 3 is 2.48 bits per heavy atom. The first-order valence-corrected chi connectivity index (χ1v) is 23.6. The van der Waals surface area contributed by atoms with Crippen LogP contribution < -0.4 is 42.3 Å². The number of aliphatic carboxylic acids is 1. The number of hydrogen-bond donors (Lipinski definition) is 1. The van der Waals surface area contributed by atoms with Crippen LogP contribution in [0.3, 0.4) is 0 Å². The van der Waals surface area contributed by atoms with E-state index in [1.165, 1.54) is 5.56 Å². The molecule has 0 aliphatic carbocycles. The molecule has 0 bridgehead atoms. The van der Waals surface area contributed by atoms with Gasteiger partial charge in [-0.3, -0.25) is 0 Å². The number of fused-ring (bicyclic) bond motifs is 1. The number of nitrogens with zero attached hydrogens (tertiary/aromatic N) is 2. The summed E-state index contributed by atoms with van der Waals surface area (Å²) in [5, 5.41) is 10.6. The van der Waals surface area contributed by atoms with Crippen LogP contribution in [0.1, 0.15) is 36.8 Å². The number of hydrogen-bond acceptors (Lipinski definition) is 7. The molecule has 46 heavy (non-hydrogen) atoms. The summed E-state index contributed by atoms with van der Waals surface area (Å²) in [6.07, 6.45) is 1.82. The molecular formula is C36H46IN2O7-. The SMILES string of the molecule is CCCCN(C(=O)CN1C[C@H](c2ccc3c(c2)OCO3)[C@@H](C(=O)O)[C@@H]1COc1ccccc1OC)c1cccc(C[I-](C)(C)C)c1. The van der Waals surface area contributed by atoms with Crippen LogP contribution >= 0.6 is 0 Å². The van der Waals surface area contributed by atoms with Gasteiger partial charge in [0.2, 0.25) is 6.79 Å². The molecule has 3 atom stereocenters. The summed E-state index contributed by atoms with van der Waals surface area (Å²) in [6, 6.07) is 20.7. The summed E-state index contributed by atoms with van der Waals surface area (Å²) in [6.45, 7) is 3.36. The van der Waals surface area contributed by atoms with Crippen molar-refractivity contribution in [2.75, 3.05) is 59.8 Å². The molecule has 0 radical (unpaired) electrons. The molecule has 9 nitrogen and oxygen atoms in total. The number of ether oxygens (including phenoxy) is 4. The molecule has 10 heteroatoms. The Hall–Kier alpha value is -3.51. The molecule has 0 saturated carbocycles. The van der Waals surface area contributed by atoms with Crippen LogP contribution in [0.2, 0.25) is 0 Å². The Kier molecular flexibility index (Phi) is 11.0. The van der Waals surface area contributed by atoms with Gasteiger partial charge in [-0.25, -0.2) is 0 Å². The first-order valence-electron chi connectivity index (χ1n) is 15.6. The standard InChI is InChI=1S/C36H46IN2O7/c1-6-7-17-39(27-12-10-11-25(18-27)20-37(2,3)4)34(40)22-38-21-28(26-15-16-32-33(19-26)46-24-45-32)35(36(41)42)29(38)23-44-31-14-9-8-13-30(31)43-5/h8-16,18-19,28-29,35H,6-7,17,20-24H2,1-5H3,(H,41,42)/q-1/t28-,29+,35-/m1/s1. The minimum absolute atomic E-state index is 0.0556. The van der Waals surface area contributed by atoms with E-state index in [1.807, 2.05) is 52.3 Å². The Balaban J connectivity index is 1.45. The Morgan fingerprint density at radius 2 is 1.76 bits per heavy atom. The molecule has 1 saturated heterocycles. The van der Waals surface area contributed by atoms with Gasteiger partial charge in [0, 0.05) is 0 Å². The molecule has 1 N–H and O–H groups in total. The fraction of sp³-hybridized carbons (Fsp3) is 0.444. The fourth-order valence-corrected chi connectivity index (χ4v) is 9.45. The third kappa shape index (κ3) is 8.06. The maximum atomic E-state index is 14.2. The van der Waals surface area contributed by atoms with Gasteiger partial charge in [0.15, 0.2) is 17.2 Å². The average Bonchev–Trinajstić information content (AvgIpc) is 3.64. The van der Waals surface area contributed by atoms with Gasteiger partial charge in [0.05, 0.1) is 7.11 Å². The molecule has 0 aromatic heterocycles. The Morgan fingerprint density at radius 1 is 1.00 bits per heavy atom. The van der Waals surface area contributed by atoms with E-state index in [1.54, 1.807) is 19.2 Å². The number of alkyl halides is 4. The molecule has 3 aromatic carbocycles. The van der Waals surface area contributed by atoms with Crippen LogP contribution in [0.5, 0.6) is 23.0 Å². The second kappa shape index (κ2) is 14.9. The van der Waals surface area contributed by atoms with E-state index < -0.39 is 42.3 Å². The van der Waals surface area contributed by atoms with Crippen LogP contribution in [0.25, 0.3) is 0 Å². The Bertz CT molecular complexity index is 1520. The van der Waals surface area contributed by atoms with Crippen molar-refractivity contribution in [3.63, 3.8) is 0 Å². The summed E-state index contributed by atoms with van der Waals surface area (Å²) in [5.74, 6) is 0.117. The van der Waals surface area contributed by atoms with Gasteiger partial charge in [-0.15, -0.1) is 0 Å². The number of carboxylic acids is 1. The summed E-state index contributed by atoms with van der Waals surface area (Å²) < 4.78 is 23.9. The van der Waals surface area contributed by atoms with E-state index in [0.29, 0.717) is 36.1 Å². The van der Waals surface area contributed by atoms with Crippen molar-refractivity contribution in [1.29, 1.82) is 0 Å². The van der Waals surface area contributed by atoms with Gasteiger partial charge in [0.1, 0.15) is 0 Å². The molecule has 5 rings (SSSR count). The number of carbonyl (C=O) groups excluding carboxylic acids is 1. The normalized spacial score (nSPS) is 19.5. The molecule has 0 unspecified atom stereocenters. The van der Waals surface area contributed by atoms with Gasteiger partial charge in [-0.05, 0) is 18.2 Å². The topological polar surface area (TPSA) is 97.8 Å². The number of anilines is 1.